The van der Waals surface area contributed by atoms with Crippen molar-refractivity contribution in [3.63, 3.8) is 0 Å². The van der Waals surface area contributed by atoms with Gasteiger partial charge < -0.3 is 4.74 Å². The summed E-state index contributed by atoms with van der Waals surface area (Å²) >= 11 is 0. The Hall–Kier alpha value is -1.31. The highest BCUT2D eigenvalue weighted by Gasteiger charge is 1.97. The third kappa shape index (κ3) is 4.63. The molecule has 0 fully saturated rings. The van der Waals surface area contributed by atoms with Crippen LogP contribution >= 0.6 is 0 Å². The van der Waals surface area contributed by atoms with E-state index in [0.717, 1.165) is 12.0 Å². The van der Waals surface area contributed by atoms with Crippen LogP contribution in [-0.4, -0.2) is 5.97 Å². The Labute approximate surface area is 92.7 Å². The van der Waals surface area contributed by atoms with Crippen molar-refractivity contribution in [2.24, 2.45) is 0 Å². The first-order chi connectivity index (χ1) is 7.76. The van der Waals surface area contributed by atoms with Crippen molar-refractivity contribution in [3.05, 3.63) is 35.4 Å². The molecule has 0 aliphatic rings. The van der Waals surface area contributed by atoms with E-state index in [2.05, 4.69) is 19.1 Å². The lowest BCUT2D eigenvalue weighted by Crippen LogP contribution is -1.98. The molecular formula is C13H18O2. The SMILES string of the molecule is [2H]CC(=O)OCc1ccc(CCCC)cc1. The second kappa shape index (κ2) is 6.23. The van der Waals surface area contributed by atoms with Gasteiger partial charge >= 0.3 is 5.97 Å². The van der Waals surface area contributed by atoms with Crippen molar-refractivity contribution in [3.8, 4) is 0 Å². The third-order valence-electron chi connectivity index (χ3n) is 2.24. The van der Waals surface area contributed by atoms with Crippen molar-refractivity contribution >= 4 is 5.97 Å². The van der Waals surface area contributed by atoms with Gasteiger partial charge in [-0.05, 0) is 24.0 Å². The van der Waals surface area contributed by atoms with Gasteiger partial charge in [0.2, 0.25) is 0 Å². The Morgan fingerprint density at radius 2 is 2.00 bits per heavy atom. The van der Waals surface area contributed by atoms with E-state index in [0.29, 0.717) is 0 Å². The number of hydrogen-bond acceptors (Lipinski definition) is 2. The normalized spacial score (nSPS) is 10.9. The molecule has 15 heavy (non-hydrogen) atoms. The fourth-order valence-corrected chi connectivity index (χ4v) is 1.35. The van der Waals surface area contributed by atoms with Gasteiger partial charge in [0, 0.05) is 8.27 Å². The monoisotopic (exact) mass is 207 g/mol. The van der Waals surface area contributed by atoms with E-state index in [4.69, 9.17) is 6.11 Å². The van der Waals surface area contributed by atoms with Crippen LogP contribution in [0, 0.1) is 0 Å². The van der Waals surface area contributed by atoms with Crippen molar-refractivity contribution in [2.45, 2.75) is 39.7 Å². The lowest BCUT2D eigenvalue weighted by Gasteiger charge is -2.04. The number of benzene rings is 1. The molecule has 0 atom stereocenters. The lowest BCUT2D eigenvalue weighted by molar-refractivity contribution is -0.142. The molecule has 0 amide bonds. The maximum absolute atomic E-state index is 10.8. The Morgan fingerprint density at radius 3 is 2.60 bits per heavy atom. The molecular weight excluding hydrogens is 188 g/mol. The lowest BCUT2D eigenvalue weighted by atomic mass is 10.1. The number of rotatable bonds is 5. The Morgan fingerprint density at radius 1 is 1.33 bits per heavy atom. The van der Waals surface area contributed by atoms with Crippen molar-refractivity contribution in [1.29, 1.82) is 0 Å². The summed E-state index contributed by atoms with van der Waals surface area (Å²) in [6, 6.07) is 8.09. The van der Waals surface area contributed by atoms with E-state index in [9.17, 15) is 4.79 Å². The zero-order valence-electron chi connectivity index (χ0n) is 10.2. The van der Waals surface area contributed by atoms with E-state index in [1.807, 2.05) is 12.1 Å². The number of ether oxygens (including phenoxy) is 1. The summed E-state index contributed by atoms with van der Waals surface area (Å²) in [5.41, 5.74) is 2.29. The van der Waals surface area contributed by atoms with Gasteiger partial charge in [0.05, 0.1) is 0 Å². The number of hydrogen-bond donors (Lipinski definition) is 0. The van der Waals surface area contributed by atoms with Crippen molar-refractivity contribution in [1.82, 2.24) is 0 Å². The fourth-order valence-electron chi connectivity index (χ4n) is 1.35. The van der Waals surface area contributed by atoms with Crippen LogP contribution in [0.1, 0.15) is 39.2 Å². The predicted octanol–water partition coefficient (Wildman–Crippen LogP) is 3.09. The summed E-state index contributed by atoms with van der Waals surface area (Å²) in [5, 5.41) is 0. The van der Waals surface area contributed by atoms with Crippen LogP contribution in [0.5, 0.6) is 0 Å². The molecule has 0 unspecified atom stereocenters. The first kappa shape index (κ1) is 10.2. The largest absolute Gasteiger partial charge is 0.461 e. The fraction of sp³-hybridized carbons (Fsp3) is 0.462. The third-order valence-corrected chi connectivity index (χ3v) is 2.24. The van der Waals surface area contributed by atoms with Gasteiger partial charge in [0.25, 0.3) is 0 Å². The molecule has 1 rings (SSSR count). The molecule has 0 aromatic heterocycles. The van der Waals surface area contributed by atoms with Gasteiger partial charge in [-0.2, -0.15) is 0 Å². The van der Waals surface area contributed by atoms with E-state index < -0.39 is 5.97 Å². The molecule has 0 bridgehead atoms. The average Bonchev–Trinajstić information content (AvgIpc) is 2.34. The van der Waals surface area contributed by atoms with E-state index >= 15 is 0 Å². The average molecular weight is 207 g/mol. The molecule has 0 saturated heterocycles. The molecule has 0 spiro atoms. The molecule has 2 heteroatoms. The van der Waals surface area contributed by atoms with E-state index in [-0.39, 0.29) is 13.5 Å². The minimum absolute atomic E-state index is 0.270. The summed E-state index contributed by atoms with van der Waals surface area (Å²) in [6.45, 7) is 2.13. The minimum atomic E-state index is -0.477. The maximum atomic E-state index is 10.8. The highest BCUT2D eigenvalue weighted by atomic mass is 16.5. The molecule has 0 aliphatic heterocycles. The summed E-state index contributed by atoms with van der Waals surface area (Å²) in [7, 11) is 0. The second-order valence-corrected chi connectivity index (χ2v) is 3.58. The van der Waals surface area contributed by atoms with Crippen LogP contribution in [0.2, 0.25) is 0 Å². The van der Waals surface area contributed by atoms with Gasteiger partial charge in [-0.3, -0.25) is 4.79 Å². The molecule has 0 N–H and O–H groups in total. The number of unbranched alkanes of at least 4 members (excludes halogenated alkanes) is 1. The highest BCUT2D eigenvalue weighted by molar-refractivity contribution is 5.65. The topological polar surface area (TPSA) is 26.3 Å². The molecule has 0 saturated carbocycles. The van der Waals surface area contributed by atoms with Gasteiger partial charge in [-0.25, -0.2) is 0 Å². The molecule has 2 nitrogen and oxygen atoms in total. The molecule has 0 heterocycles. The number of aryl methyl sites for hydroxylation is 1. The maximum Gasteiger partial charge on any atom is 0.302 e. The van der Waals surface area contributed by atoms with Gasteiger partial charge in [-0.15, -0.1) is 0 Å². The Bertz CT molecular complexity index is 319. The molecule has 0 aliphatic carbocycles. The predicted molar refractivity (Wildman–Crippen MR) is 60.5 cm³/mol. The number of carbonyl (C=O) groups excluding carboxylic acids is 1. The summed E-state index contributed by atoms with van der Waals surface area (Å²) in [5.74, 6) is -0.477. The van der Waals surface area contributed by atoms with E-state index in [1.54, 1.807) is 0 Å². The van der Waals surface area contributed by atoms with Crippen LogP contribution in [0.25, 0.3) is 0 Å². The zero-order valence-corrected chi connectivity index (χ0v) is 9.16. The Balaban J connectivity index is 2.41. The van der Waals surface area contributed by atoms with Crippen LogP contribution in [0.15, 0.2) is 24.3 Å². The molecule has 1 aromatic carbocycles. The zero-order chi connectivity index (χ0) is 11.8. The number of carbonyl (C=O) groups is 1. The van der Waals surface area contributed by atoms with Crippen LogP contribution < -0.4 is 0 Å². The van der Waals surface area contributed by atoms with Gasteiger partial charge in [-0.1, -0.05) is 37.6 Å². The van der Waals surface area contributed by atoms with Gasteiger partial charge in [0.15, 0.2) is 0 Å². The van der Waals surface area contributed by atoms with Crippen LogP contribution in [0.4, 0.5) is 0 Å². The van der Waals surface area contributed by atoms with Crippen molar-refractivity contribution < 1.29 is 10.9 Å². The van der Waals surface area contributed by atoms with Crippen LogP contribution in [-0.2, 0) is 22.6 Å². The molecule has 1 aromatic rings. The summed E-state index contributed by atoms with van der Waals surface area (Å²) < 4.78 is 11.7. The van der Waals surface area contributed by atoms with Gasteiger partial charge in [0.1, 0.15) is 6.61 Å². The highest BCUT2D eigenvalue weighted by Crippen LogP contribution is 2.08. The van der Waals surface area contributed by atoms with Crippen molar-refractivity contribution in [2.75, 3.05) is 0 Å². The number of esters is 1. The van der Waals surface area contributed by atoms with E-state index in [1.165, 1.54) is 18.4 Å². The second-order valence-electron chi connectivity index (χ2n) is 3.58. The minimum Gasteiger partial charge on any atom is -0.461 e. The quantitative estimate of drug-likeness (QED) is 0.693. The molecule has 82 valence electrons. The Kier molecular flexibility index (Phi) is 4.24. The first-order valence-corrected chi connectivity index (χ1v) is 5.29. The standard InChI is InChI=1S/C13H18O2/c1-3-4-5-12-6-8-13(9-7-12)10-15-11(2)14/h6-9H,3-5,10H2,1-2H3/i2D. The van der Waals surface area contributed by atoms with Crippen LogP contribution in [0.3, 0.4) is 0 Å². The smallest absolute Gasteiger partial charge is 0.302 e. The molecule has 0 radical (unpaired) electrons. The summed E-state index contributed by atoms with van der Waals surface area (Å²) in [6.07, 6.45) is 3.50. The first-order valence-electron chi connectivity index (χ1n) is 5.99. The summed E-state index contributed by atoms with van der Waals surface area (Å²) in [4.78, 5) is 10.8.